The van der Waals surface area contributed by atoms with Crippen LogP contribution in [-0.4, -0.2) is 29.3 Å². The number of alkyl halides is 2. The van der Waals surface area contributed by atoms with E-state index in [0.717, 1.165) is 10.5 Å². The molecule has 7 nitrogen and oxygen atoms in total. The molecule has 0 saturated heterocycles. The zero-order valence-corrected chi connectivity index (χ0v) is 13.8. The van der Waals surface area contributed by atoms with E-state index in [1.54, 1.807) is 0 Å². The highest BCUT2D eigenvalue weighted by Gasteiger charge is 2.24. The Morgan fingerprint density at radius 3 is 2.76 bits per heavy atom. The van der Waals surface area contributed by atoms with Gasteiger partial charge in [-0.1, -0.05) is 0 Å². The SMILES string of the molecule is CN(Cc1nccn1C(F)F)S(=O)(=O)c1ccc2oc(=O)ccc2c1. The number of hydrogen-bond donors (Lipinski definition) is 0. The summed E-state index contributed by atoms with van der Waals surface area (Å²) in [6, 6.07) is 6.64. The van der Waals surface area contributed by atoms with E-state index in [-0.39, 0.29) is 22.8 Å². The number of hydrogen-bond acceptors (Lipinski definition) is 5. The molecule has 10 heteroatoms. The second-order valence-electron chi connectivity index (χ2n) is 5.24. The number of benzene rings is 1. The molecule has 132 valence electrons. The predicted molar refractivity (Wildman–Crippen MR) is 84.6 cm³/mol. The molecule has 1 aromatic carbocycles. The van der Waals surface area contributed by atoms with Crippen molar-refractivity contribution in [2.75, 3.05) is 7.05 Å². The van der Waals surface area contributed by atoms with Crippen molar-refractivity contribution >= 4 is 21.0 Å². The van der Waals surface area contributed by atoms with Gasteiger partial charge in [0.2, 0.25) is 10.0 Å². The summed E-state index contributed by atoms with van der Waals surface area (Å²) in [5.41, 5.74) is -0.290. The molecule has 0 bridgehead atoms. The summed E-state index contributed by atoms with van der Waals surface area (Å²) in [4.78, 5) is 14.9. The van der Waals surface area contributed by atoms with Crippen molar-refractivity contribution in [1.29, 1.82) is 0 Å². The molecule has 0 radical (unpaired) electrons. The van der Waals surface area contributed by atoms with E-state index in [4.69, 9.17) is 4.42 Å². The van der Waals surface area contributed by atoms with Gasteiger partial charge in [-0.25, -0.2) is 18.2 Å². The molecule has 0 N–H and O–H groups in total. The molecule has 3 aromatic rings. The van der Waals surface area contributed by atoms with Crippen molar-refractivity contribution in [2.45, 2.75) is 18.0 Å². The van der Waals surface area contributed by atoms with Gasteiger partial charge < -0.3 is 4.42 Å². The standard InChI is InChI=1S/C15H13F2N3O4S/c1-19(9-13-18-6-7-20(13)15(16)17)25(22,23)11-3-4-12-10(8-11)2-5-14(21)24-12/h2-8,15H,9H2,1H3. The molecule has 0 atom stereocenters. The van der Waals surface area contributed by atoms with Crippen LogP contribution in [0.15, 0.2) is 56.8 Å². The van der Waals surface area contributed by atoms with Crippen LogP contribution in [0.1, 0.15) is 12.4 Å². The van der Waals surface area contributed by atoms with Gasteiger partial charge in [0, 0.05) is 30.9 Å². The van der Waals surface area contributed by atoms with E-state index in [0.29, 0.717) is 9.95 Å². The van der Waals surface area contributed by atoms with Crippen LogP contribution in [0.4, 0.5) is 8.78 Å². The van der Waals surface area contributed by atoms with Gasteiger partial charge in [-0.15, -0.1) is 0 Å². The van der Waals surface area contributed by atoms with E-state index in [9.17, 15) is 22.0 Å². The Hall–Kier alpha value is -2.59. The first-order valence-corrected chi connectivity index (χ1v) is 8.53. The number of fused-ring (bicyclic) bond motifs is 1. The molecule has 25 heavy (non-hydrogen) atoms. The van der Waals surface area contributed by atoms with Gasteiger partial charge in [0.25, 0.3) is 0 Å². The highest BCUT2D eigenvalue weighted by atomic mass is 32.2. The number of aromatic nitrogens is 2. The quantitative estimate of drug-likeness (QED) is 0.644. The first-order valence-electron chi connectivity index (χ1n) is 7.09. The van der Waals surface area contributed by atoms with Crippen LogP contribution in [0.5, 0.6) is 0 Å². The first kappa shape index (κ1) is 17.2. The van der Waals surface area contributed by atoms with Crippen LogP contribution in [0.3, 0.4) is 0 Å². The van der Waals surface area contributed by atoms with Gasteiger partial charge in [-0.3, -0.25) is 4.57 Å². The molecular formula is C15H13F2N3O4S. The molecule has 0 aliphatic carbocycles. The van der Waals surface area contributed by atoms with Gasteiger partial charge in [0.1, 0.15) is 11.4 Å². The highest BCUT2D eigenvalue weighted by molar-refractivity contribution is 7.89. The summed E-state index contributed by atoms with van der Waals surface area (Å²) >= 11 is 0. The Balaban J connectivity index is 1.93. The minimum Gasteiger partial charge on any atom is -0.423 e. The van der Waals surface area contributed by atoms with E-state index >= 15 is 0 Å². The minimum absolute atomic E-state index is 0.0495. The molecule has 0 aliphatic heterocycles. The van der Waals surface area contributed by atoms with Gasteiger partial charge in [0.15, 0.2) is 0 Å². The van der Waals surface area contributed by atoms with Crippen molar-refractivity contribution in [3.05, 3.63) is 59.0 Å². The van der Waals surface area contributed by atoms with Crippen LogP contribution in [0.25, 0.3) is 11.0 Å². The largest absolute Gasteiger partial charge is 0.423 e. The molecule has 0 spiro atoms. The molecule has 2 heterocycles. The minimum atomic E-state index is -3.94. The van der Waals surface area contributed by atoms with Crippen molar-refractivity contribution in [3.63, 3.8) is 0 Å². The van der Waals surface area contributed by atoms with Gasteiger partial charge in [-0.05, 0) is 24.3 Å². The number of nitrogens with zero attached hydrogens (tertiary/aromatic N) is 3. The fourth-order valence-corrected chi connectivity index (χ4v) is 3.48. The molecule has 0 unspecified atom stereocenters. The summed E-state index contributed by atoms with van der Waals surface area (Å²) < 4.78 is 57.5. The van der Waals surface area contributed by atoms with Crippen molar-refractivity contribution in [1.82, 2.24) is 13.9 Å². The van der Waals surface area contributed by atoms with E-state index < -0.39 is 22.2 Å². The van der Waals surface area contributed by atoms with Crippen LogP contribution >= 0.6 is 0 Å². The molecule has 0 aliphatic rings. The van der Waals surface area contributed by atoms with Crippen molar-refractivity contribution < 1.29 is 21.6 Å². The fourth-order valence-electron chi connectivity index (χ4n) is 2.32. The second-order valence-corrected chi connectivity index (χ2v) is 7.29. The summed E-state index contributed by atoms with van der Waals surface area (Å²) in [7, 11) is -2.67. The lowest BCUT2D eigenvalue weighted by Crippen LogP contribution is -2.28. The lowest BCUT2D eigenvalue weighted by Gasteiger charge is -2.17. The Kier molecular flexibility index (Phi) is 4.39. The maximum absolute atomic E-state index is 12.9. The molecular weight excluding hydrogens is 356 g/mol. The monoisotopic (exact) mass is 369 g/mol. The lowest BCUT2D eigenvalue weighted by atomic mass is 10.2. The molecule has 0 amide bonds. The fraction of sp³-hybridized carbons (Fsp3) is 0.200. The van der Waals surface area contributed by atoms with E-state index in [2.05, 4.69) is 4.98 Å². The third-order valence-electron chi connectivity index (χ3n) is 3.62. The molecule has 0 saturated carbocycles. The van der Waals surface area contributed by atoms with E-state index in [1.165, 1.54) is 43.6 Å². The topological polar surface area (TPSA) is 85.4 Å². The molecule has 2 aromatic heterocycles. The normalized spacial score (nSPS) is 12.4. The first-order chi connectivity index (χ1) is 11.8. The van der Waals surface area contributed by atoms with Crippen LogP contribution in [-0.2, 0) is 16.6 Å². The number of halogens is 2. The third-order valence-corrected chi connectivity index (χ3v) is 5.42. The van der Waals surface area contributed by atoms with Crippen molar-refractivity contribution in [2.24, 2.45) is 0 Å². The summed E-state index contributed by atoms with van der Waals surface area (Å²) in [6.45, 7) is -3.13. The third kappa shape index (κ3) is 3.30. The Labute approximate surface area is 141 Å². The summed E-state index contributed by atoms with van der Waals surface area (Å²) in [6.07, 6.45) is 2.26. The zero-order chi connectivity index (χ0) is 18.2. The number of imidazole rings is 1. The maximum Gasteiger partial charge on any atom is 0.336 e. The summed E-state index contributed by atoms with van der Waals surface area (Å²) in [5, 5.41) is 0.433. The highest BCUT2D eigenvalue weighted by Crippen LogP contribution is 2.22. The van der Waals surface area contributed by atoms with Crippen LogP contribution in [0, 0.1) is 0 Å². The van der Waals surface area contributed by atoms with Gasteiger partial charge >= 0.3 is 12.2 Å². The predicted octanol–water partition coefficient (Wildman–Crippen LogP) is 2.21. The van der Waals surface area contributed by atoms with E-state index in [1.807, 2.05) is 0 Å². The molecule has 3 rings (SSSR count). The number of sulfonamides is 1. The van der Waals surface area contributed by atoms with Crippen molar-refractivity contribution in [3.8, 4) is 0 Å². The Morgan fingerprint density at radius 2 is 2.04 bits per heavy atom. The van der Waals surface area contributed by atoms with Gasteiger partial charge in [-0.2, -0.15) is 13.1 Å². The Morgan fingerprint density at radius 1 is 1.28 bits per heavy atom. The van der Waals surface area contributed by atoms with Gasteiger partial charge in [0.05, 0.1) is 11.4 Å². The second kappa shape index (κ2) is 6.37. The Bertz CT molecular complexity index is 1080. The average molecular weight is 369 g/mol. The zero-order valence-electron chi connectivity index (χ0n) is 13.0. The average Bonchev–Trinajstić information content (AvgIpc) is 3.02. The molecule has 0 fully saturated rings. The van der Waals surface area contributed by atoms with Crippen LogP contribution < -0.4 is 5.63 Å². The maximum atomic E-state index is 12.9. The smallest absolute Gasteiger partial charge is 0.336 e. The summed E-state index contributed by atoms with van der Waals surface area (Å²) in [5.74, 6) is -0.0761. The number of rotatable bonds is 5. The van der Waals surface area contributed by atoms with Crippen LogP contribution in [0.2, 0.25) is 0 Å². The lowest BCUT2D eigenvalue weighted by molar-refractivity contribution is 0.0658.